The van der Waals surface area contributed by atoms with Crippen LogP contribution in [-0.4, -0.2) is 45.5 Å². The maximum atomic E-state index is 12.0. The SMILES string of the molecule is CC(C)(C)N1CCc2ccc(N)cc2C1.CC(C)(C)OC(=O)Cc1ccc2c(c1)CN(C(C)(C)C)CC2. The van der Waals surface area contributed by atoms with Crippen LogP contribution >= 0.6 is 0 Å². The monoisotopic (exact) mass is 507 g/mol. The van der Waals surface area contributed by atoms with Crippen LogP contribution in [0.3, 0.4) is 0 Å². The Morgan fingerprint density at radius 1 is 0.757 bits per heavy atom. The highest BCUT2D eigenvalue weighted by molar-refractivity contribution is 5.73. The van der Waals surface area contributed by atoms with E-state index in [1.54, 1.807) is 0 Å². The zero-order chi connectivity index (χ0) is 27.6. The zero-order valence-corrected chi connectivity index (χ0v) is 24.7. The number of fused-ring (bicyclic) bond motifs is 2. The summed E-state index contributed by atoms with van der Waals surface area (Å²) in [5.41, 5.74) is 13.4. The van der Waals surface area contributed by atoms with Gasteiger partial charge in [-0.05, 0) is 115 Å². The minimum absolute atomic E-state index is 0.157. The Bertz CT molecular complexity index is 1090. The molecular formula is C32H49N3O2. The molecule has 0 fully saturated rings. The summed E-state index contributed by atoms with van der Waals surface area (Å²) in [7, 11) is 0. The van der Waals surface area contributed by atoms with Gasteiger partial charge in [-0.2, -0.15) is 0 Å². The molecule has 2 aromatic rings. The van der Waals surface area contributed by atoms with Crippen LogP contribution in [0.5, 0.6) is 0 Å². The van der Waals surface area contributed by atoms with E-state index < -0.39 is 5.60 Å². The van der Waals surface area contributed by atoms with Crippen molar-refractivity contribution in [2.24, 2.45) is 0 Å². The Hall–Kier alpha value is -2.37. The number of hydrogen-bond acceptors (Lipinski definition) is 5. The molecule has 5 heteroatoms. The van der Waals surface area contributed by atoms with Gasteiger partial charge in [0, 0.05) is 42.9 Å². The third-order valence-electron chi connectivity index (χ3n) is 7.19. The number of benzene rings is 2. The Morgan fingerprint density at radius 3 is 1.73 bits per heavy atom. The van der Waals surface area contributed by atoms with Gasteiger partial charge in [-0.15, -0.1) is 0 Å². The van der Waals surface area contributed by atoms with Gasteiger partial charge in [-0.25, -0.2) is 0 Å². The molecule has 0 unspecified atom stereocenters. The quantitative estimate of drug-likeness (QED) is 0.390. The van der Waals surface area contributed by atoms with E-state index in [4.69, 9.17) is 10.5 Å². The van der Waals surface area contributed by atoms with Crippen LogP contribution in [-0.2, 0) is 41.9 Å². The first-order chi connectivity index (χ1) is 17.0. The van der Waals surface area contributed by atoms with E-state index in [2.05, 4.69) is 81.7 Å². The van der Waals surface area contributed by atoms with Crippen molar-refractivity contribution >= 4 is 11.7 Å². The van der Waals surface area contributed by atoms with E-state index in [0.717, 1.165) is 50.3 Å². The maximum Gasteiger partial charge on any atom is 0.310 e. The normalized spacial score (nSPS) is 16.8. The second kappa shape index (κ2) is 11.2. The second-order valence-corrected chi connectivity index (χ2v) is 13.6. The number of esters is 1. The number of nitrogen functional groups attached to an aromatic ring is 1. The van der Waals surface area contributed by atoms with Crippen LogP contribution in [0, 0.1) is 0 Å². The van der Waals surface area contributed by atoms with Gasteiger partial charge >= 0.3 is 5.97 Å². The third-order valence-corrected chi connectivity index (χ3v) is 7.19. The fourth-order valence-electron chi connectivity index (χ4n) is 4.99. The highest BCUT2D eigenvalue weighted by atomic mass is 16.6. The summed E-state index contributed by atoms with van der Waals surface area (Å²) in [6, 6.07) is 12.7. The molecule has 0 radical (unpaired) electrons. The van der Waals surface area contributed by atoms with Crippen molar-refractivity contribution in [2.75, 3.05) is 18.8 Å². The Balaban J connectivity index is 0.000000220. The molecule has 37 heavy (non-hydrogen) atoms. The van der Waals surface area contributed by atoms with Crippen molar-refractivity contribution in [1.29, 1.82) is 0 Å². The number of nitrogens with two attached hydrogens (primary N) is 1. The fraction of sp³-hybridized carbons (Fsp3) is 0.594. The lowest BCUT2D eigenvalue weighted by atomic mass is 9.93. The molecule has 0 amide bonds. The van der Waals surface area contributed by atoms with E-state index in [0.29, 0.717) is 6.42 Å². The van der Waals surface area contributed by atoms with Crippen molar-refractivity contribution in [1.82, 2.24) is 9.80 Å². The number of nitrogens with zero attached hydrogens (tertiary/aromatic N) is 2. The number of rotatable bonds is 2. The van der Waals surface area contributed by atoms with Gasteiger partial charge in [-0.1, -0.05) is 24.3 Å². The van der Waals surface area contributed by atoms with Crippen molar-refractivity contribution in [3.05, 3.63) is 64.2 Å². The van der Waals surface area contributed by atoms with Crippen LogP contribution < -0.4 is 5.73 Å². The summed E-state index contributed by atoms with van der Waals surface area (Å²) in [6.45, 7) is 23.5. The van der Waals surface area contributed by atoms with E-state index in [1.165, 1.54) is 22.3 Å². The average Bonchev–Trinajstić information content (AvgIpc) is 2.76. The molecule has 0 bridgehead atoms. The number of carbonyl (C=O) groups is 1. The zero-order valence-electron chi connectivity index (χ0n) is 24.7. The first-order valence-corrected chi connectivity index (χ1v) is 13.7. The minimum atomic E-state index is -0.422. The molecule has 5 nitrogen and oxygen atoms in total. The molecule has 2 aliphatic heterocycles. The van der Waals surface area contributed by atoms with Gasteiger partial charge in [0.05, 0.1) is 6.42 Å². The molecule has 0 saturated heterocycles. The summed E-state index contributed by atoms with van der Waals surface area (Å²) in [4.78, 5) is 17.0. The molecule has 2 N–H and O–H groups in total. The topological polar surface area (TPSA) is 58.8 Å². The van der Waals surface area contributed by atoms with E-state index >= 15 is 0 Å². The van der Waals surface area contributed by atoms with Crippen molar-refractivity contribution in [2.45, 2.75) is 111 Å². The molecular weight excluding hydrogens is 458 g/mol. The Morgan fingerprint density at radius 2 is 1.24 bits per heavy atom. The number of carbonyl (C=O) groups excluding carboxylic acids is 1. The van der Waals surface area contributed by atoms with Crippen LogP contribution in [0.4, 0.5) is 5.69 Å². The summed E-state index contributed by atoms with van der Waals surface area (Å²) in [5.74, 6) is -0.157. The molecule has 0 aromatic heterocycles. The van der Waals surface area contributed by atoms with E-state index in [-0.39, 0.29) is 17.0 Å². The molecule has 2 aliphatic rings. The first kappa shape index (κ1) is 29.2. The Kier molecular flexibility index (Phi) is 8.81. The summed E-state index contributed by atoms with van der Waals surface area (Å²) in [6.07, 6.45) is 2.58. The molecule has 0 saturated carbocycles. The molecule has 4 rings (SSSR count). The molecule has 2 aromatic carbocycles. The lowest BCUT2D eigenvalue weighted by molar-refractivity contribution is -0.153. The lowest BCUT2D eigenvalue weighted by Gasteiger charge is -2.39. The smallest absolute Gasteiger partial charge is 0.310 e. The number of anilines is 1. The minimum Gasteiger partial charge on any atom is -0.460 e. The van der Waals surface area contributed by atoms with Crippen LogP contribution in [0.15, 0.2) is 36.4 Å². The largest absolute Gasteiger partial charge is 0.460 e. The lowest BCUT2D eigenvalue weighted by Crippen LogP contribution is -2.44. The van der Waals surface area contributed by atoms with Crippen LogP contribution in [0.2, 0.25) is 0 Å². The van der Waals surface area contributed by atoms with Crippen molar-refractivity contribution in [3.63, 3.8) is 0 Å². The summed E-state index contributed by atoms with van der Waals surface area (Å²) >= 11 is 0. The van der Waals surface area contributed by atoms with Crippen LogP contribution in [0.1, 0.15) is 90.1 Å². The number of ether oxygens (including phenoxy) is 1. The van der Waals surface area contributed by atoms with Gasteiger partial charge < -0.3 is 10.5 Å². The standard InChI is InChI=1S/C19H29NO2.C13H20N2/c1-18(2,3)20-10-9-15-8-7-14(11-16(15)13-20)12-17(21)22-19(4,5)6;1-13(2,3)15-7-6-10-4-5-12(14)8-11(10)9-15/h7-8,11H,9-10,12-13H2,1-6H3;4-5,8H,6-7,9,14H2,1-3H3. The molecule has 204 valence electrons. The summed E-state index contributed by atoms with van der Waals surface area (Å²) < 4.78 is 5.41. The predicted molar refractivity (Wildman–Crippen MR) is 155 cm³/mol. The maximum absolute atomic E-state index is 12.0. The van der Waals surface area contributed by atoms with Crippen molar-refractivity contribution in [3.8, 4) is 0 Å². The Labute approximate surface area is 225 Å². The van der Waals surface area contributed by atoms with Crippen molar-refractivity contribution < 1.29 is 9.53 Å². The fourth-order valence-corrected chi connectivity index (χ4v) is 4.99. The van der Waals surface area contributed by atoms with Gasteiger partial charge in [0.1, 0.15) is 5.60 Å². The van der Waals surface area contributed by atoms with Crippen LogP contribution in [0.25, 0.3) is 0 Å². The predicted octanol–water partition coefficient (Wildman–Crippen LogP) is 6.15. The number of hydrogen-bond donors (Lipinski definition) is 1. The molecule has 2 heterocycles. The van der Waals surface area contributed by atoms with Gasteiger partial charge in [-0.3, -0.25) is 14.6 Å². The first-order valence-electron chi connectivity index (χ1n) is 13.7. The molecule has 0 spiro atoms. The van der Waals surface area contributed by atoms with Gasteiger partial charge in [0.25, 0.3) is 0 Å². The highest BCUT2D eigenvalue weighted by Gasteiger charge is 2.27. The van der Waals surface area contributed by atoms with Gasteiger partial charge in [0.2, 0.25) is 0 Å². The molecule has 0 atom stereocenters. The summed E-state index contributed by atoms with van der Waals surface area (Å²) in [5, 5.41) is 0. The average molecular weight is 508 g/mol. The third kappa shape index (κ3) is 8.58. The van der Waals surface area contributed by atoms with E-state index in [9.17, 15) is 4.79 Å². The second-order valence-electron chi connectivity index (χ2n) is 13.6. The molecule has 0 aliphatic carbocycles. The van der Waals surface area contributed by atoms with Gasteiger partial charge in [0.15, 0.2) is 0 Å². The highest BCUT2D eigenvalue weighted by Crippen LogP contribution is 2.27. The van der Waals surface area contributed by atoms with E-state index in [1.807, 2.05) is 26.8 Å².